The van der Waals surface area contributed by atoms with E-state index in [9.17, 15) is 4.79 Å². The number of hydrogen-bond donors (Lipinski definition) is 2. The highest BCUT2D eigenvalue weighted by Crippen LogP contribution is 2.21. The van der Waals surface area contributed by atoms with Crippen molar-refractivity contribution in [2.24, 2.45) is 4.99 Å². The minimum absolute atomic E-state index is 0. The van der Waals surface area contributed by atoms with Gasteiger partial charge in [-0.2, -0.15) is 0 Å². The average molecular weight is 543 g/mol. The molecule has 2 fully saturated rings. The molecule has 1 aromatic carbocycles. The zero-order chi connectivity index (χ0) is 21.2. The number of carbonyl (C=O) groups excluding carboxylic acids is 1. The number of piperazine rings is 1. The molecule has 1 aromatic rings. The second-order valence-electron chi connectivity index (χ2n) is 8.15. The summed E-state index contributed by atoms with van der Waals surface area (Å²) in [6.45, 7) is 11.9. The van der Waals surface area contributed by atoms with Gasteiger partial charge >= 0.3 is 0 Å². The number of anilines is 1. The van der Waals surface area contributed by atoms with Crippen LogP contribution < -0.4 is 15.5 Å². The maximum absolute atomic E-state index is 11.9. The summed E-state index contributed by atoms with van der Waals surface area (Å²) in [5.41, 5.74) is 2.18. The van der Waals surface area contributed by atoms with Crippen LogP contribution in [0.4, 0.5) is 5.69 Å². The van der Waals surface area contributed by atoms with Gasteiger partial charge in [0, 0.05) is 65.0 Å². The van der Waals surface area contributed by atoms with Crippen LogP contribution in [0.15, 0.2) is 29.3 Å². The number of rotatable bonds is 9. The standard InChI is InChI=1S/C23H38N6O.HI/c1-3-27-15-17-28(18-16-27)13-5-4-12-25-23(24-2)26-19-20-8-10-21(11-9-20)29-14-6-7-22(29)30;/h8-11H,3-7,12-19H2,1-2H3,(H2,24,25,26);1H. The molecule has 31 heavy (non-hydrogen) atoms. The first-order valence-corrected chi connectivity index (χ1v) is 11.5. The summed E-state index contributed by atoms with van der Waals surface area (Å²) in [6.07, 6.45) is 3.99. The van der Waals surface area contributed by atoms with Gasteiger partial charge in [0.2, 0.25) is 5.91 Å². The monoisotopic (exact) mass is 542 g/mol. The molecule has 2 N–H and O–H groups in total. The van der Waals surface area contributed by atoms with Crippen molar-refractivity contribution in [2.75, 3.05) is 64.3 Å². The topological polar surface area (TPSA) is 63.2 Å². The van der Waals surface area contributed by atoms with Gasteiger partial charge in [0.1, 0.15) is 0 Å². The van der Waals surface area contributed by atoms with Crippen LogP contribution in [0.2, 0.25) is 0 Å². The Morgan fingerprint density at radius 2 is 1.71 bits per heavy atom. The number of likely N-dealkylation sites (N-methyl/N-ethyl adjacent to an activating group) is 1. The van der Waals surface area contributed by atoms with Crippen molar-refractivity contribution in [2.45, 2.75) is 39.2 Å². The molecule has 7 nitrogen and oxygen atoms in total. The number of nitrogens with one attached hydrogen (secondary N) is 2. The number of unbranched alkanes of at least 4 members (excludes halogenated alkanes) is 1. The van der Waals surface area contributed by atoms with Gasteiger partial charge in [0.25, 0.3) is 0 Å². The summed E-state index contributed by atoms with van der Waals surface area (Å²) >= 11 is 0. The highest BCUT2D eigenvalue weighted by atomic mass is 127. The number of aliphatic imine (C=N–C) groups is 1. The molecule has 0 bridgehead atoms. The van der Waals surface area contributed by atoms with Crippen LogP contribution in [0.3, 0.4) is 0 Å². The van der Waals surface area contributed by atoms with E-state index in [1.54, 1.807) is 0 Å². The number of hydrogen-bond acceptors (Lipinski definition) is 4. The molecule has 0 aromatic heterocycles. The average Bonchev–Trinajstić information content (AvgIpc) is 3.22. The van der Waals surface area contributed by atoms with Gasteiger partial charge in [-0.05, 0) is 50.0 Å². The van der Waals surface area contributed by atoms with Crippen molar-refractivity contribution >= 4 is 41.5 Å². The molecule has 1 amide bonds. The van der Waals surface area contributed by atoms with Gasteiger partial charge < -0.3 is 25.3 Å². The first kappa shape index (κ1) is 25.9. The van der Waals surface area contributed by atoms with Gasteiger partial charge in [-0.3, -0.25) is 9.79 Å². The van der Waals surface area contributed by atoms with Crippen LogP contribution in [0.25, 0.3) is 0 Å². The number of nitrogens with zero attached hydrogens (tertiary/aromatic N) is 4. The van der Waals surface area contributed by atoms with E-state index in [2.05, 4.69) is 44.5 Å². The summed E-state index contributed by atoms with van der Waals surface area (Å²) in [4.78, 5) is 23.2. The molecule has 8 heteroatoms. The van der Waals surface area contributed by atoms with Crippen molar-refractivity contribution in [3.05, 3.63) is 29.8 Å². The number of guanidine groups is 1. The summed E-state index contributed by atoms with van der Waals surface area (Å²) < 4.78 is 0. The van der Waals surface area contributed by atoms with E-state index in [0.29, 0.717) is 6.42 Å². The fraction of sp³-hybridized carbons (Fsp3) is 0.652. The zero-order valence-corrected chi connectivity index (χ0v) is 21.4. The second kappa shape index (κ2) is 13.9. The SMILES string of the molecule is CCN1CCN(CCCCNC(=NC)NCc2ccc(N3CCCC3=O)cc2)CC1.I. The van der Waals surface area contributed by atoms with Crippen LogP contribution in [-0.2, 0) is 11.3 Å². The van der Waals surface area contributed by atoms with Crippen molar-refractivity contribution in [1.29, 1.82) is 0 Å². The molecule has 3 rings (SSSR count). The lowest BCUT2D eigenvalue weighted by Gasteiger charge is -2.34. The zero-order valence-electron chi connectivity index (χ0n) is 19.1. The molecule has 0 spiro atoms. The maximum atomic E-state index is 11.9. The highest BCUT2D eigenvalue weighted by Gasteiger charge is 2.21. The number of carbonyl (C=O) groups is 1. The van der Waals surface area contributed by atoms with Crippen LogP contribution >= 0.6 is 24.0 Å². The highest BCUT2D eigenvalue weighted by molar-refractivity contribution is 14.0. The Labute approximate surface area is 204 Å². The smallest absolute Gasteiger partial charge is 0.227 e. The normalized spacial score (nSPS) is 18.2. The van der Waals surface area contributed by atoms with Gasteiger partial charge in [-0.25, -0.2) is 0 Å². The molecular weight excluding hydrogens is 503 g/mol. The second-order valence-corrected chi connectivity index (χ2v) is 8.15. The minimum atomic E-state index is 0. The first-order chi connectivity index (χ1) is 14.7. The van der Waals surface area contributed by atoms with Gasteiger partial charge in [0.15, 0.2) is 5.96 Å². The number of benzene rings is 1. The third-order valence-corrected chi connectivity index (χ3v) is 6.11. The molecule has 2 aliphatic rings. The van der Waals surface area contributed by atoms with Crippen molar-refractivity contribution < 1.29 is 4.79 Å². The lowest BCUT2D eigenvalue weighted by molar-refractivity contribution is -0.117. The van der Waals surface area contributed by atoms with E-state index in [-0.39, 0.29) is 29.9 Å². The summed E-state index contributed by atoms with van der Waals surface area (Å²) in [7, 11) is 1.81. The molecule has 0 radical (unpaired) electrons. The third-order valence-electron chi connectivity index (χ3n) is 6.11. The Morgan fingerprint density at radius 3 is 2.32 bits per heavy atom. The molecule has 0 atom stereocenters. The van der Waals surface area contributed by atoms with Crippen LogP contribution in [0.1, 0.15) is 38.2 Å². The Morgan fingerprint density at radius 1 is 1.00 bits per heavy atom. The molecule has 174 valence electrons. The fourth-order valence-electron chi connectivity index (χ4n) is 4.12. The van der Waals surface area contributed by atoms with E-state index in [0.717, 1.165) is 44.1 Å². The molecule has 2 saturated heterocycles. The Hall–Kier alpha value is -1.39. The van der Waals surface area contributed by atoms with Gasteiger partial charge in [0.05, 0.1) is 0 Å². The van der Waals surface area contributed by atoms with E-state index < -0.39 is 0 Å². The largest absolute Gasteiger partial charge is 0.356 e. The summed E-state index contributed by atoms with van der Waals surface area (Å²) in [5, 5.41) is 6.79. The van der Waals surface area contributed by atoms with Gasteiger partial charge in [-0.15, -0.1) is 24.0 Å². The van der Waals surface area contributed by atoms with E-state index in [1.165, 1.54) is 51.3 Å². The van der Waals surface area contributed by atoms with Crippen LogP contribution in [-0.4, -0.2) is 81.1 Å². The number of amides is 1. The quantitative estimate of drug-likeness (QED) is 0.218. The summed E-state index contributed by atoms with van der Waals surface area (Å²) in [5.74, 6) is 1.07. The molecule has 0 aliphatic carbocycles. The third kappa shape index (κ3) is 8.23. The van der Waals surface area contributed by atoms with Crippen LogP contribution in [0, 0.1) is 0 Å². The first-order valence-electron chi connectivity index (χ1n) is 11.5. The van der Waals surface area contributed by atoms with E-state index in [4.69, 9.17) is 0 Å². The van der Waals surface area contributed by atoms with Gasteiger partial charge in [-0.1, -0.05) is 19.1 Å². The summed E-state index contributed by atoms with van der Waals surface area (Å²) in [6, 6.07) is 8.24. The molecule has 0 saturated carbocycles. The van der Waals surface area contributed by atoms with E-state index >= 15 is 0 Å². The maximum Gasteiger partial charge on any atom is 0.227 e. The van der Waals surface area contributed by atoms with Crippen LogP contribution in [0.5, 0.6) is 0 Å². The molecule has 2 aliphatic heterocycles. The minimum Gasteiger partial charge on any atom is -0.356 e. The molecular formula is C23H39IN6O. The predicted octanol–water partition coefficient (Wildman–Crippen LogP) is 2.51. The van der Waals surface area contributed by atoms with Crippen molar-refractivity contribution in [3.63, 3.8) is 0 Å². The molecule has 0 unspecified atom stereocenters. The Balaban J connectivity index is 0.00000341. The lowest BCUT2D eigenvalue weighted by Crippen LogP contribution is -2.46. The van der Waals surface area contributed by atoms with Crippen molar-refractivity contribution in [1.82, 2.24) is 20.4 Å². The predicted molar refractivity (Wildman–Crippen MR) is 139 cm³/mol. The Bertz CT molecular complexity index is 688. The number of halogens is 1. The molecule has 2 heterocycles. The Kier molecular flexibility index (Phi) is 11.6. The van der Waals surface area contributed by atoms with Crippen molar-refractivity contribution in [3.8, 4) is 0 Å². The lowest BCUT2D eigenvalue weighted by atomic mass is 10.2. The fourth-order valence-corrected chi connectivity index (χ4v) is 4.12. The van der Waals surface area contributed by atoms with E-state index in [1.807, 2.05) is 24.1 Å².